The molecular weight excluding hydrogens is 230 g/mol. The van der Waals surface area contributed by atoms with Gasteiger partial charge in [-0.2, -0.15) is 0 Å². The second-order valence-electron chi connectivity index (χ2n) is 2.84. The van der Waals surface area contributed by atoms with Crippen LogP contribution in [0.3, 0.4) is 0 Å². The molecule has 1 aromatic heterocycles. The second kappa shape index (κ2) is 5.32. The number of thiocarbonyl (C=S) groups is 1. The quantitative estimate of drug-likeness (QED) is 0.808. The lowest BCUT2D eigenvalue weighted by atomic mass is 10.5. The molecule has 0 aliphatic heterocycles. The summed E-state index contributed by atoms with van der Waals surface area (Å²) in [5.41, 5.74) is 5.73. The Bertz CT molecular complexity index is 345. The Morgan fingerprint density at radius 3 is 2.53 bits per heavy atom. The number of nitrogens with zero attached hydrogens (tertiary/aromatic N) is 4. The lowest BCUT2D eigenvalue weighted by Crippen LogP contribution is -2.27. The molecule has 15 heavy (non-hydrogen) atoms. The van der Waals surface area contributed by atoms with Gasteiger partial charge >= 0.3 is 0 Å². The number of anilines is 2. The van der Waals surface area contributed by atoms with E-state index in [2.05, 4.69) is 28.9 Å². The zero-order valence-corrected chi connectivity index (χ0v) is 10.7. The van der Waals surface area contributed by atoms with Gasteiger partial charge in [0.1, 0.15) is 4.32 Å². The first-order valence-electron chi connectivity index (χ1n) is 4.69. The molecule has 84 valence electrons. The third-order valence-electron chi connectivity index (χ3n) is 2.07. The van der Waals surface area contributed by atoms with Gasteiger partial charge in [-0.1, -0.05) is 24.0 Å². The van der Waals surface area contributed by atoms with E-state index >= 15 is 0 Å². The maximum atomic E-state index is 5.73. The smallest absolute Gasteiger partial charge is 0.234 e. The molecule has 0 amide bonds. The van der Waals surface area contributed by atoms with Crippen molar-refractivity contribution < 1.29 is 0 Å². The van der Waals surface area contributed by atoms with Crippen LogP contribution in [-0.2, 0) is 0 Å². The minimum absolute atomic E-state index is 0.344. The summed E-state index contributed by atoms with van der Waals surface area (Å²) >= 11 is 6.66. The van der Waals surface area contributed by atoms with Gasteiger partial charge in [-0.3, -0.25) is 0 Å². The standard InChI is InChI=1S/C8H15N5S2/c1-4-12(5-2)7-11-10-6(9)13(7)8(14)15-3/h4-5H2,1-3H3,(H2,9,10). The van der Waals surface area contributed by atoms with Crippen molar-refractivity contribution in [1.29, 1.82) is 0 Å². The summed E-state index contributed by atoms with van der Waals surface area (Å²) in [5, 5.41) is 7.89. The molecule has 1 heterocycles. The molecule has 0 aromatic carbocycles. The molecule has 1 aromatic rings. The number of hydrogen-bond acceptors (Lipinski definition) is 6. The van der Waals surface area contributed by atoms with Crippen molar-refractivity contribution in [1.82, 2.24) is 14.8 Å². The number of aromatic nitrogens is 3. The Balaban J connectivity index is 3.13. The van der Waals surface area contributed by atoms with Crippen molar-refractivity contribution in [2.75, 3.05) is 30.0 Å². The molecule has 1 rings (SSSR count). The molecule has 0 fully saturated rings. The number of thioether (sulfide) groups is 1. The molecule has 0 aliphatic carbocycles. The van der Waals surface area contributed by atoms with Crippen LogP contribution in [0, 0.1) is 0 Å². The lowest BCUT2D eigenvalue weighted by Gasteiger charge is -2.20. The van der Waals surface area contributed by atoms with Gasteiger partial charge in [0, 0.05) is 13.1 Å². The summed E-state index contributed by atoms with van der Waals surface area (Å²) in [5.74, 6) is 1.06. The normalized spacial score (nSPS) is 10.3. The number of hydrogen-bond donors (Lipinski definition) is 1. The summed E-state index contributed by atoms with van der Waals surface area (Å²) < 4.78 is 2.37. The fourth-order valence-electron chi connectivity index (χ4n) is 1.27. The van der Waals surface area contributed by atoms with E-state index in [0.29, 0.717) is 10.3 Å². The maximum Gasteiger partial charge on any atom is 0.234 e. The van der Waals surface area contributed by atoms with Crippen LogP contribution in [0.2, 0.25) is 0 Å². The Hall–Kier alpha value is -0.820. The van der Waals surface area contributed by atoms with E-state index < -0.39 is 0 Å². The molecule has 7 heteroatoms. The summed E-state index contributed by atoms with van der Waals surface area (Å²) in [6, 6.07) is 0. The molecule has 5 nitrogen and oxygen atoms in total. The van der Waals surface area contributed by atoms with Gasteiger partial charge in [0.2, 0.25) is 11.9 Å². The SMILES string of the molecule is CCN(CC)c1nnc(N)n1C(=S)SC. The first-order valence-corrected chi connectivity index (χ1v) is 6.33. The van der Waals surface area contributed by atoms with Gasteiger partial charge in [0.15, 0.2) is 0 Å². The highest BCUT2D eigenvalue weighted by molar-refractivity contribution is 8.22. The Morgan fingerprint density at radius 1 is 1.47 bits per heavy atom. The van der Waals surface area contributed by atoms with Crippen molar-refractivity contribution >= 4 is 40.2 Å². The highest BCUT2D eigenvalue weighted by atomic mass is 32.2. The van der Waals surface area contributed by atoms with E-state index in [-0.39, 0.29) is 0 Å². The van der Waals surface area contributed by atoms with Gasteiger partial charge in [-0.25, -0.2) is 4.57 Å². The molecule has 0 atom stereocenters. The minimum atomic E-state index is 0.344. The molecule has 0 bridgehead atoms. The van der Waals surface area contributed by atoms with Gasteiger partial charge in [-0.15, -0.1) is 10.2 Å². The van der Waals surface area contributed by atoms with Gasteiger partial charge in [0.05, 0.1) is 0 Å². The zero-order chi connectivity index (χ0) is 11.4. The molecule has 0 saturated heterocycles. The van der Waals surface area contributed by atoms with Crippen LogP contribution in [0.15, 0.2) is 0 Å². The third-order valence-corrected chi connectivity index (χ3v) is 3.29. The molecule has 0 saturated carbocycles. The summed E-state index contributed by atoms with van der Waals surface area (Å²) in [4.78, 5) is 2.06. The summed E-state index contributed by atoms with van der Waals surface area (Å²) in [6.07, 6.45) is 1.91. The first kappa shape index (κ1) is 12.3. The Morgan fingerprint density at radius 2 is 2.07 bits per heavy atom. The lowest BCUT2D eigenvalue weighted by molar-refractivity contribution is 0.814. The predicted octanol–water partition coefficient (Wildman–Crippen LogP) is 1.20. The van der Waals surface area contributed by atoms with E-state index in [1.54, 1.807) is 4.57 Å². The van der Waals surface area contributed by atoms with Crippen LogP contribution < -0.4 is 10.6 Å². The average Bonchev–Trinajstić information content (AvgIpc) is 2.61. The molecular formula is C8H15N5S2. The van der Waals surface area contributed by atoms with Crippen LogP contribution in [0.1, 0.15) is 13.8 Å². The van der Waals surface area contributed by atoms with Crippen molar-refractivity contribution in [3.05, 3.63) is 0 Å². The first-order chi connectivity index (χ1) is 7.15. The number of nitrogens with two attached hydrogens (primary N) is 1. The van der Waals surface area contributed by atoms with E-state index in [1.807, 2.05) is 6.26 Å². The number of nitrogen functional groups attached to an aromatic ring is 1. The monoisotopic (exact) mass is 245 g/mol. The van der Waals surface area contributed by atoms with Crippen molar-refractivity contribution in [2.45, 2.75) is 13.8 Å². The molecule has 0 spiro atoms. The van der Waals surface area contributed by atoms with Gasteiger partial charge < -0.3 is 10.6 Å². The van der Waals surface area contributed by atoms with Gasteiger partial charge in [0.25, 0.3) is 0 Å². The maximum absolute atomic E-state index is 5.73. The Kier molecular flexibility index (Phi) is 4.34. The minimum Gasteiger partial charge on any atom is -0.367 e. The molecule has 2 N–H and O–H groups in total. The van der Waals surface area contributed by atoms with Gasteiger partial charge in [-0.05, 0) is 20.1 Å². The van der Waals surface area contributed by atoms with E-state index in [4.69, 9.17) is 18.0 Å². The molecule has 0 aliphatic rings. The predicted molar refractivity (Wildman–Crippen MR) is 69.5 cm³/mol. The highest BCUT2D eigenvalue weighted by Crippen LogP contribution is 2.18. The van der Waals surface area contributed by atoms with Crippen molar-refractivity contribution in [3.8, 4) is 0 Å². The highest BCUT2D eigenvalue weighted by Gasteiger charge is 2.16. The van der Waals surface area contributed by atoms with E-state index in [0.717, 1.165) is 19.0 Å². The van der Waals surface area contributed by atoms with Crippen molar-refractivity contribution in [2.24, 2.45) is 0 Å². The molecule has 0 radical (unpaired) electrons. The van der Waals surface area contributed by atoms with E-state index in [1.165, 1.54) is 11.8 Å². The number of rotatable bonds is 3. The van der Waals surface area contributed by atoms with Crippen molar-refractivity contribution in [3.63, 3.8) is 0 Å². The summed E-state index contributed by atoms with van der Waals surface area (Å²) in [7, 11) is 0. The van der Waals surface area contributed by atoms with Crippen LogP contribution in [0.4, 0.5) is 11.9 Å². The molecule has 0 unspecified atom stereocenters. The second-order valence-corrected chi connectivity index (χ2v) is 4.28. The average molecular weight is 245 g/mol. The fraction of sp³-hybridized carbons (Fsp3) is 0.625. The Labute approximate surface area is 99.0 Å². The van der Waals surface area contributed by atoms with Crippen LogP contribution in [0.25, 0.3) is 0 Å². The summed E-state index contributed by atoms with van der Waals surface area (Å²) in [6.45, 7) is 5.82. The van der Waals surface area contributed by atoms with E-state index in [9.17, 15) is 0 Å². The third kappa shape index (κ3) is 2.40. The van der Waals surface area contributed by atoms with Crippen LogP contribution in [0.5, 0.6) is 0 Å². The zero-order valence-electron chi connectivity index (χ0n) is 9.10. The van der Waals surface area contributed by atoms with Crippen LogP contribution >= 0.6 is 24.0 Å². The fourth-order valence-corrected chi connectivity index (χ4v) is 1.80. The topological polar surface area (TPSA) is 60.0 Å². The van der Waals surface area contributed by atoms with Crippen LogP contribution in [-0.4, -0.2) is 38.4 Å². The largest absolute Gasteiger partial charge is 0.367 e.